The Hall–Kier alpha value is -1.57. The zero-order valence-electron chi connectivity index (χ0n) is 10.1. The molecule has 1 aromatic carbocycles. The Morgan fingerprint density at radius 3 is 2.67 bits per heavy atom. The third-order valence-corrected chi connectivity index (χ3v) is 1.85. The van der Waals surface area contributed by atoms with Gasteiger partial charge in [0, 0.05) is 0 Å². The van der Waals surface area contributed by atoms with Gasteiger partial charge in [-0.1, -0.05) is 17.9 Å². The maximum Gasteiger partial charge on any atom is 1.00 e. The number of benzene rings is 1. The second-order valence-corrected chi connectivity index (χ2v) is 3.10. The van der Waals surface area contributed by atoms with Gasteiger partial charge in [0.2, 0.25) is 0 Å². The van der Waals surface area contributed by atoms with Crippen LogP contribution in [0.25, 0.3) is 5.76 Å². The molecular formula is C12H10FLiO4. The first-order valence-corrected chi connectivity index (χ1v) is 4.90. The van der Waals surface area contributed by atoms with Gasteiger partial charge in [-0.3, -0.25) is 4.79 Å². The molecule has 1 aromatic rings. The van der Waals surface area contributed by atoms with Crippen LogP contribution < -0.4 is 24.0 Å². The normalized spacial score (nSPS) is 10.4. The quantitative estimate of drug-likeness (QED) is 0.196. The van der Waals surface area contributed by atoms with E-state index < -0.39 is 23.3 Å². The molecule has 18 heavy (non-hydrogen) atoms. The summed E-state index contributed by atoms with van der Waals surface area (Å²) in [6.07, 6.45) is 0.590. The van der Waals surface area contributed by atoms with Crippen molar-refractivity contribution in [1.29, 1.82) is 0 Å². The van der Waals surface area contributed by atoms with E-state index in [1.807, 2.05) is 0 Å². The molecule has 0 spiro atoms. The van der Waals surface area contributed by atoms with E-state index in [1.165, 1.54) is 18.2 Å². The van der Waals surface area contributed by atoms with E-state index >= 15 is 0 Å². The zero-order valence-corrected chi connectivity index (χ0v) is 10.1. The molecule has 0 saturated heterocycles. The molecular weight excluding hydrogens is 234 g/mol. The van der Waals surface area contributed by atoms with Gasteiger partial charge in [0.05, 0.1) is 6.61 Å². The molecule has 0 aliphatic heterocycles. The van der Waals surface area contributed by atoms with Gasteiger partial charge >= 0.3 is 24.8 Å². The zero-order chi connectivity index (χ0) is 12.8. The Morgan fingerprint density at radius 2 is 2.11 bits per heavy atom. The van der Waals surface area contributed by atoms with Crippen LogP contribution in [-0.2, 0) is 14.3 Å². The van der Waals surface area contributed by atoms with Gasteiger partial charge in [-0.2, -0.15) is 0 Å². The number of ketones is 1. The second-order valence-electron chi connectivity index (χ2n) is 3.10. The van der Waals surface area contributed by atoms with Crippen LogP contribution in [0, 0.1) is 5.82 Å². The maximum absolute atomic E-state index is 12.8. The number of carbonyl (C=O) groups is 2. The molecule has 0 unspecified atom stereocenters. The van der Waals surface area contributed by atoms with Crippen LogP contribution in [-0.4, -0.2) is 18.4 Å². The predicted molar refractivity (Wildman–Crippen MR) is 56.0 cm³/mol. The molecule has 4 nitrogen and oxygen atoms in total. The number of halogens is 1. The summed E-state index contributed by atoms with van der Waals surface area (Å²) < 4.78 is 17.2. The third kappa shape index (κ3) is 4.74. The monoisotopic (exact) mass is 244 g/mol. The second kappa shape index (κ2) is 7.70. The molecule has 90 valence electrons. The van der Waals surface area contributed by atoms with Crippen molar-refractivity contribution in [2.75, 3.05) is 6.61 Å². The van der Waals surface area contributed by atoms with Gasteiger partial charge in [0.1, 0.15) is 5.82 Å². The van der Waals surface area contributed by atoms with Gasteiger partial charge in [0.15, 0.2) is 0 Å². The fourth-order valence-electron chi connectivity index (χ4n) is 1.11. The number of rotatable bonds is 4. The summed E-state index contributed by atoms with van der Waals surface area (Å²) in [6.45, 7) is 1.59. The van der Waals surface area contributed by atoms with Crippen LogP contribution in [0.15, 0.2) is 30.3 Å². The third-order valence-electron chi connectivity index (χ3n) is 1.85. The van der Waals surface area contributed by atoms with Crippen molar-refractivity contribution in [3.05, 3.63) is 41.7 Å². The van der Waals surface area contributed by atoms with Crippen molar-refractivity contribution in [2.45, 2.75) is 6.92 Å². The van der Waals surface area contributed by atoms with Crippen LogP contribution in [0.2, 0.25) is 0 Å². The summed E-state index contributed by atoms with van der Waals surface area (Å²) in [7, 11) is 0. The molecule has 0 N–H and O–H groups in total. The van der Waals surface area contributed by atoms with E-state index in [2.05, 4.69) is 4.74 Å². The summed E-state index contributed by atoms with van der Waals surface area (Å²) >= 11 is 0. The number of esters is 1. The molecule has 0 aliphatic rings. The van der Waals surface area contributed by atoms with E-state index in [1.54, 1.807) is 6.92 Å². The molecule has 0 atom stereocenters. The Kier molecular flexibility index (Phi) is 7.02. The van der Waals surface area contributed by atoms with Gasteiger partial charge in [-0.15, -0.1) is 0 Å². The summed E-state index contributed by atoms with van der Waals surface area (Å²) in [5, 5.41) is 11.5. The molecule has 0 amide bonds. The number of ether oxygens (including phenoxy) is 1. The van der Waals surface area contributed by atoms with Crippen molar-refractivity contribution < 1.29 is 42.7 Å². The van der Waals surface area contributed by atoms with E-state index in [4.69, 9.17) is 0 Å². The summed E-state index contributed by atoms with van der Waals surface area (Å²) in [5.41, 5.74) is 0.00245. The molecule has 0 heterocycles. The van der Waals surface area contributed by atoms with Gasteiger partial charge < -0.3 is 9.84 Å². The maximum atomic E-state index is 12.8. The first-order chi connectivity index (χ1) is 8.04. The van der Waals surface area contributed by atoms with Crippen molar-refractivity contribution >= 4 is 17.5 Å². The molecule has 6 heteroatoms. The fourth-order valence-corrected chi connectivity index (χ4v) is 1.11. The minimum Gasteiger partial charge on any atom is -0.872 e. The summed E-state index contributed by atoms with van der Waals surface area (Å²) in [6, 6.07) is 4.84. The summed E-state index contributed by atoms with van der Waals surface area (Å²) in [5.74, 6) is -3.48. The van der Waals surface area contributed by atoms with Gasteiger partial charge in [-0.05, 0) is 30.7 Å². The van der Waals surface area contributed by atoms with Gasteiger partial charge in [-0.25, -0.2) is 9.18 Å². The molecule has 0 aromatic heterocycles. The first kappa shape index (κ1) is 16.4. The molecule has 0 saturated carbocycles. The van der Waals surface area contributed by atoms with Crippen LogP contribution >= 0.6 is 0 Å². The van der Waals surface area contributed by atoms with E-state index in [9.17, 15) is 19.1 Å². The molecule has 0 aliphatic carbocycles. The number of hydrogen-bond donors (Lipinski definition) is 0. The SMILES string of the molecule is CCOC(=O)C(=O)/C=C(/[O-])c1cccc(F)c1.[Li+]. The van der Waals surface area contributed by atoms with Crippen LogP contribution in [0.5, 0.6) is 0 Å². The van der Waals surface area contributed by atoms with Crippen LogP contribution in [0.3, 0.4) is 0 Å². The average molecular weight is 244 g/mol. The molecule has 0 bridgehead atoms. The van der Waals surface area contributed by atoms with Crippen molar-refractivity contribution in [3.8, 4) is 0 Å². The Morgan fingerprint density at radius 1 is 1.44 bits per heavy atom. The Bertz CT molecular complexity index is 471. The predicted octanol–water partition coefficient (Wildman–Crippen LogP) is -2.34. The smallest absolute Gasteiger partial charge is 0.872 e. The topological polar surface area (TPSA) is 66.4 Å². The van der Waals surface area contributed by atoms with Crippen LogP contribution in [0.4, 0.5) is 4.39 Å². The summed E-state index contributed by atoms with van der Waals surface area (Å²) in [4.78, 5) is 22.1. The van der Waals surface area contributed by atoms with Crippen molar-refractivity contribution in [2.24, 2.45) is 0 Å². The van der Waals surface area contributed by atoms with Crippen molar-refractivity contribution in [3.63, 3.8) is 0 Å². The van der Waals surface area contributed by atoms with E-state index in [0.717, 1.165) is 6.07 Å². The van der Waals surface area contributed by atoms with E-state index in [-0.39, 0.29) is 31.0 Å². The standard InChI is InChI=1S/C12H11FO4.Li/c1-2-17-12(16)11(15)7-10(14)8-4-3-5-9(13)6-8;/h3-7,14H,2H2,1H3;/q;+1/p-1/b10-7+;. The largest absolute Gasteiger partial charge is 1.00 e. The Labute approximate surface area is 116 Å². The van der Waals surface area contributed by atoms with Crippen LogP contribution in [0.1, 0.15) is 12.5 Å². The van der Waals surface area contributed by atoms with E-state index in [0.29, 0.717) is 6.08 Å². The minimum absolute atomic E-state index is 0. The number of hydrogen-bond acceptors (Lipinski definition) is 4. The minimum atomic E-state index is -1.10. The Balaban J connectivity index is 0.00000289. The first-order valence-electron chi connectivity index (χ1n) is 4.90. The molecule has 0 fully saturated rings. The molecule has 1 rings (SSSR count). The molecule has 0 radical (unpaired) electrons. The fraction of sp³-hybridized carbons (Fsp3) is 0.167. The van der Waals surface area contributed by atoms with Crippen molar-refractivity contribution in [1.82, 2.24) is 0 Å². The average Bonchev–Trinajstić information content (AvgIpc) is 2.29. The van der Waals surface area contributed by atoms with Gasteiger partial charge in [0.25, 0.3) is 5.78 Å². The number of carbonyl (C=O) groups excluding carboxylic acids is 2.